The summed E-state index contributed by atoms with van der Waals surface area (Å²) >= 11 is 1.34. The highest BCUT2D eigenvalue weighted by atomic mass is 32.2. The predicted octanol–water partition coefficient (Wildman–Crippen LogP) is 6.27. The Morgan fingerprint density at radius 1 is 0.774 bits per heavy atom. The Balaban J connectivity index is 1.24. The number of anilines is 1. The van der Waals surface area contributed by atoms with Crippen LogP contribution in [0.4, 0.5) is 15.3 Å². The zero-order valence-corrected chi connectivity index (χ0v) is 65.6. The zero-order valence-electron chi connectivity index (χ0n) is 64.8. The molecular formula is C76H117N11O18S. The molecule has 1 aliphatic carbocycles. The molecule has 2 aromatic carbocycles. The number of rotatable bonds is 44. The zero-order chi connectivity index (χ0) is 79.0. The second kappa shape index (κ2) is 41.8. The Kier molecular flexibility index (Phi) is 34.8. The van der Waals surface area contributed by atoms with E-state index in [1.54, 1.807) is 77.1 Å². The fraction of sp³-hybridized carbons (Fsp3) is 0.671. The molecule has 30 heteroatoms. The summed E-state index contributed by atoms with van der Waals surface area (Å²) < 4.78 is 23.7. The van der Waals surface area contributed by atoms with Crippen molar-refractivity contribution in [1.82, 2.24) is 46.2 Å². The van der Waals surface area contributed by atoms with Gasteiger partial charge in [-0.3, -0.25) is 62.5 Å². The Morgan fingerprint density at radius 3 is 2.02 bits per heavy atom. The van der Waals surface area contributed by atoms with E-state index < -0.39 is 119 Å². The number of benzene rings is 2. The van der Waals surface area contributed by atoms with Crippen LogP contribution in [0.15, 0.2) is 42.5 Å². The maximum absolute atomic E-state index is 15.1. The van der Waals surface area contributed by atoms with Crippen LogP contribution >= 0.6 is 11.8 Å². The normalized spacial score (nSPS) is 18.7. The van der Waals surface area contributed by atoms with E-state index >= 15 is 4.79 Å². The van der Waals surface area contributed by atoms with Crippen molar-refractivity contribution in [3.8, 4) is 0 Å². The molecule has 590 valence electrons. The number of imide groups is 1. The quantitative estimate of drug-likeness (QED) is 0.0157. The summed E-state index contributed by atoms with van der Waals surface area (Å²) in [6.07, 6.45) is -0.339. The highest BCUT2D eigenvalue weighted by molar-refractivity contribution is 8.00. The number of carbonyl (C=O) groups is 13. The van der Waals surface area contributed by atoms with Gasteiger partial charge in [-0.2, -0.15) is 0 Å². The number of primary amides is 1. The number of aliphatic carboxylic acids is 1. The van der Waals surface area contributed by atoms with Gasteiger partial charge in [0.05, 0.1) is 67.4 Å². The molecule has 0 spiro atoms. The monoisotopic (exact) mass is 1500 g/mol. The first-order valence-electron chi connectivity index (χ1n) is 37.0. The molecule has 5 rings (SSSR count). The maximum atomic E-state index is 15.1. The van der Waals surface area contributed by atoms with Gasteiger partial charge in [0.25, 0.3) is 0 Å². The summed E-state index contributed by atoms with van der Waals surface area (Å²) in [5.74, 6) is -6.56. The van der Waals surface area contributed by atoms with Gasteiger partial charge in [0.15, 0.2) is 5.78 Å². The number of amides is 11. The van der Waals surface area contributed by atoms with E-state index in [1.165, 1.54) is 35.8 Å². The Morgan fingerprint density at radius 2 is 1.44 bits per heavy atom. The lowest BCUT2D eigenvalue weighted by atomic mass is 9.89. The first-order chi connectivity index (χ1) is 50.0. The van der Waals surface area contributed by atoms with Crippen LogP contribution in [0.3, 0.4) is 0 Å². The molecule has 11 amide bonds. The van der Waals surface area contributed by atoms with Gasteiger partial charge in [-0.1, -0.05) is 111 Å². The summed E-state index contributed by atoms with van der Waals surface area (Å²) in [7, 11) is 8.10. The third-order valence-corrected chi connectivity index (χ3v) is 21.9. The van der Waals surface area contributed by atoms with Gasteiger partial charge in [0.1, 0.15) is 30.8 Å². The molecule has 106 heavy (non-hydrogen) atoms. The number of likely N-dealkylation sites (N-methyl/N-ethyl adjacent to an activating group) is 2. The standard InChI is InChI=1S/C76H117N11O18S/c1-17-47(9)66(85(14)73(99)64(44(4)5)83-71(97)65(45(6)7)84(12)13)57(102-15)36-60(90)87-40-52(35-55(87)67(103-16)49(11)68(94)79-39-56(88)53-29-24-46(8)34-48(53)10)105-75(101)104-41-50-25-27-51(28-26-50)80-69(95)54(22-21-32-78-74(77)100)81-70(96)63(43(2)3)82-59(89)23-19-18-20-33-86-61(91)37-58(72(86)98)106-42-76(30-31-76)38-62(92)93/h24-29,34,43-45,47,49,52,54-55,57-58,63-67H,17-23,30-33,35-42H2,1-16H3,(H,79,94)(H,80,95)(H,81,96)(H,82,89)(H,83,97)(H,92,93)(H3,77,78,100)/t47-,49+,52-,54?,55-,57+,58?,63-,64-,65-,66-,67+/m0/s1. The van der Waals surface area contributed by atoms with Gasteiger partial charge in [0, 0.05) is 70.6 Å². The number of hydrogen-bond donors (Lipinski definition) is 8. The number of unbranched alkanes of at least 4 members (excludes halogenated alkanes) is 2. The summed E-state index contributed by atoms with van der Waals surface area (Å²) in [5, 5.41) is 25.3. The van der Waals surface area contributed by atoms with E-state index in [2.05, 4.69) is 31.9 Å². The van der Waals surface area contributed by atoms with E-state index in [0.29, 0.717) is 48.3 Å². The van der Waals surface area contributed by atoms with Crippen molar-refractivity contribution >= 4 is 94.6 Å². The Bertz CT molecular complexity index is 3380. The summed E-state index contributed by atoms with van der Waals surface area (Å²) in [4.78, 5) is 181. The molecule has 0 radical (unpaired) electrons. The van der Waals surface area contributed by atoms with Crippen molar-refractivity contribution in [3.05, 3.63) is 64.7 Å². The van der Waals surface area contributed by atoms with Crippen molar-refractivity contribution in [2.45, 2.75) is 226 Å². The molecule has 9 N–H and O–H groups in total. The summed E-state index contributed by atoms with van der Waals surface area (Å²) in [6, 6.07) is 5.69. The van der Waals surface area contributed by atoms with E-state index in [0.717, 1.165) is 24.0 Å². The minimum Gasteiger partial charge on any atom is -0.481 e. The average molecular weight is 1500 g/mol. The van der Waals surface area contributed by atoms with Gasteiger partial charge >= 0.3 is 18.2 Å². The highest BCUT2D eigenvalue weighted by Crippen LogP contribution is 2.52. The number of likely N-dealkylation sites (tertiary alicyclic amines) is 2. The van der Waals surface area contributed by atoms with Gasteiger partial charge in [0.2, 0.25) is 53.2 Å². The number of urea groups is 1. The molecule has 1 saturated carbocycles. The first-order valence-corrected chi connectivity index (χ1v) is 38.0. The lowest BCUT2D eigenvalue weighted by Gasteiger charge is -2.41. The topological polar surface area (TPSA) is 390 Å². The van der Waals surface area contributed by atoms with E-state index in [-0.39, 0.29) is 130 Å². The number of nitrogens with one attached hydrogen (secondary N) is 6. The molecule has 2 aliphatic heterocycles. The molecule has 29 nitrogen and oxygen atoms in total. The minimum atomic E-state index is -1.16. The molecule has 0 bridgehead atoms. The van der Waals surface area contributed by atoms with Crippen LogP contribution in [0, 0.1) is 48.9 Å². The van der Waals surface area contributed by atoms with E-state index in [9.17, 15) is 62.6 Å². The lowest BCUT2D eigenvalue weighted by Crippen LogP contribution is -2.59. The van der Waals surface area contributed by atoms with Crippen LogP contribution in [-0.4, -0.2) is 229 Å². The second-order valence-corrected chi connectivity index (χ2v) is 31.2. The molecular weight excluding hydrogens is 1390 g/mol. The van der Waals surface area contributed by atoms with Gasteiger partial charge in [-0.25, -0.2) is 9.59 Å². The van der Waals surface area contributed by atoms with Crippen LogP contribution < -0.4 is 37.6 Å². The molecule has 0 aromatic heterocycles. The van der Waals surface area contributed by atoms with Crippen molar-refractivity contribution in [1.29, 1.82) is 0 Å². The lowest BCUT2D eigenvalue weighted by molar-refractivity contribution is -0.148. The number of carboxylic acids is 1. The Hall–Kier alpha value is -8.22. The molecule has 2 aromatic rings. The minimum absolute atomic E-state index is 0.00606. The molecule has 2 unspecified atom stereocenters. The Labute approximate surface area is 628 Å². The number of ether oxygens (including phenoxy) is 4. The SMILES string of the molecule is CC[C@H](C)[C@@H]([C@@H](CC(=O)N1C[C@@H](OC(=O)OCc2ccc(NC(=O)C(CCCNC(N)=O)NC(=O)[C@@H](NC(=O)CCCCCN3C(=O)CC(SCC4(CC(=O)O)CC4)C3=O)C(C)C)cc2)C[C@H]1[C@H](OC)[C@@H](C)C(=O)NCC(=O)c1ccc(C)cc1C)OC)N(C)C(=O)[C@@H](NC(=O)[C@H](C(C)C)N(C)C)C(C)C. The van der Waals surface area contributed by atoms with Crippen LogP contribution in [0.2, 0.25) is 0 Å². The van der Waals surface area contributed by atoms with Gasteiger partial charge in [-0.05, 0) is 119 Å². The van der Waals surface area contributed by atoms with Crippen molar-refractivity contribution in [3.63, 3.8) is 0 Å². The largest absolute Gasteiger partial charge is 0.508 e. The maximum Gasteiger partial charge on any atom is 0.508 e. The number of nitrogens with two attached hydrogens (primary N) is 1. The molecule has 3 fully saturated rings. The average Bonchev–Trinajstić information content (AvgIpc) is 1.68. The number of thioether (sulfide) groups is 1. The highest BCUT2D eigenvalue weighted by Gasteiger charge is 2.49. The van der Waals surface area contributed by atoms with Crippen molar-refractivity contribution in [2.24, 2.45) is 40.7 Å². The molecule has 3 aliphatic rings. The fourth-order valence-electron chi connectivity index (χ4n) is 14.0. The number of nitrogens with zero attached hydrogens (tertiary/aromatic N) is 4. The van der Waals surface area contributed by atoms with E-state index in [1.807, 2.05) is 72.4 Å². The third kappa shape index (κ3) is 26.0. The van der Waals surface area contributed by atoms with Crippen molar-refractivity contribution in [2.75, 3.05) is 72.6 Å². The predicted molar refractivity (Wildman–Crippen MR) is 399 cm³/mol. The number of Topliss-reactive ketones (excluding diaryl/α,β-unsaturated/α-hetero) is 1. The van der Waals surface area contributed by atoms with Crippen LogP contribution in [-0.2, 0) is 73.5 Å². The number of hydrogen-bond acceptors (Lipinski definition) is 19. The van der Waals surface area contributed by atoms with Gasteiger partial charge in [-0.15, -0.1) is 11.8 Å². The fourth-order valence-corrected chi connectivity index (χ4v) is 15.5. The molecule has 2 saturated heterocycles. The molecule has 12 atom stereocenters. The number of carbonyl (C=O) groups excluding carboxylic acids is 12. The number of aryl methyl sites for hydroxylation is 2. The third-order valence-electron chi connectivity index (χ3n) is 20.3. The molecule has 2 heterocycles. The van der Waals surface area contributed by atoms with E-state index in [4.69, 9.17) is 24.7 Å². The second-order valence-electron chi connectivity index (χ2n) is 30.0. The van der Waals surface area contributed by atoms with Crippen LogP contribution in [0.5, 0.6) is 0 Å². The van der Waals surface area contributed by atoms with Crippen LogP contribution in [0.1, 0.15) is 173 Å². The summed E-state index contributed by atoms with van der Waals surface area (Å²) in [5.41, 5.74) is 7.93. The number of ketones is 1. The first kappa shape index (κ1) is 88.4. The van der Waals surface area contributed by atoms with Crippen molar-refractivity contribution < 1.29 is 86.4 Å². The van der Waals surface area contributed by atoms with Crippen LogP contribution in [0.25, 0.3) is 0 Å². The smallest absolute Gasteiger partial charge is 0.481 e. The number of methoxy groups -OCH3 is 2. The van der Waals surface area contributed by atoms with Gasteiger partial charge < -0.3 is 71.5 Å². The number of carboxylic acid groups (broad SMARTS) is 1. The summed E-state index contributed by atoms with van der Waals surface area (Å²) in [6.45, 7) is 19.8.